The lowest BCUT2D eigenvalue weighted by atomic mass is 10.2. The predicted octanol–water partition coefficient (Wildman–Crippen LogP) is 2.40. The number of carbonyl (C=O) groups is 3. The van der Waals surface area contributed by atoms with E-state index >= 15 is 0 Å². The summed E-state index contributed by atoms with van der Waals surface area (Å²) in [5.41, 5.74) is 1.75. The summed E-state index contributed by atoms with van der Waals surface area (Å²) in [5.74, 6) is -0.689. The molecule has 11 heteroatoms. The summed E-state index contributed by atoms with van der Waals surface area (Å²) < 4.78 is 6.58. The molecule has 2 aromatic heterocycles. The van der Waals surface area contributed by atoms with Gasteiger partial charge in [-0.25, -0.2) is 4.98 Å². The summed E-state index contributed by atoms with van der Waals surface area (Å²) in [6.45, 7) is 1.72. The van der Waals surface area contributed by atoms with Crippen LogP contribution in [-0.2, 0) is 7.05 Å². The standard InChI is InChI=1S/C20H22N6O4S/c1-11-15(19(29)25(2)3)31-20(21-11)23-16(27)12-6-8-13(9-7-12)22-17(28)14-10-26(4)24-18(14)30-5/h6-10H,1-5H3,(H,22,28)(H,21,23,27). The van der Waals surface area contributed by atoms with Crippen molar-refractivity contribution in [2.24, 2.45) is 7.05 Å². The average Bonchev–Trinajstić information content (AvgIpc) is 3.29. The Bertz CT molecular complexity index is 1130. The molecule has 10 nitrogen and oxygen atoms in total. The molecular formula is C20H22N6O4S. The highest BCUT2D eigenvalue weighted by molar-refractivity contribution is 7.17. The number of ether oxygens (including phenoxy) is 1. The Morgan fingerprint density at radius 1 is 1.10 bits per heavy atom. The minimum atomic E-state index is -0.376. The van der Waals surface area contributed by atoms with E-state index in [0.29, 0.717) is 32.5 Å². The van der Waals surface area contributed by atoms with E-state index in [-0.39, 0.29) is 23.6 Å². The minimum Gasteiger partial charge on any atom is -0.479 e. The Balaban J connectivity index is 1.67. The van der Waals surface area contributed by atoms with E-state index in [1.165, 1.54) is 16.7 Å². The molecule has 0 aliphatic rings. The van der Waals surface area contributed by atoms with Gasteiger partial charge in [0.25, 0.3) is 17.7 Å². The van der Waals surface area contributed by atoms with Crippen LogP contribution in [0.25, 0.3) is 0 Å². The Morgan fingerprint density at radius 3 is 2.39 bits per heavy atom. The molecular weight excluding hydrogens is 420 g/mol. The molecule has 0 spiro atoms. The van der Waals surface area contributed by atoms with Gasteiger partial charge in [-0.1, -0.05) is 11.3 Å². The highest BCUT2D eigenvalue weighted by Gasteiger charge is 2.19. The maximum atomic E-state index is 12.5. The first kappa shape index (κ1) is 22.0. The number of anilines is 2. The molecule has 162 valence electrons. The van der Waals surface area contributed by atoms with Gasteiger partial charge in [0, 0.05) is 38.6 Å². The van der Waals surface area contributed by atoms with Gasteiger partial charge in [-0.15, -0.1) is 5.10 Å². The topological polar surface area (TPSA) is 118 Å². The lowest BCUT2D eigenvalue weighted by molar-refractivity contribution is 0.0830. The number of aryl methyl sites for hydroxylation is 2. The zero-order valence-corrected chi connectivity index (χ0v) is 18.5. The van der Waals surface area contributed by atoms with Crippen molar-refractivity contribution < 1.29 is 19.1 Å². The quantitative estimate of drug-likeness (QED) is 0.605. The van der Waals surface area contributed by atoms with E-state index in [1.807, 2.05) is 0 Å². The number of nitrogens with one attached hydrogen (secondary N) is 2. The molecule has 0 aliphatic carbocycles. The smallest absolute Gasteiger partial charge is 0.265 e. The highest BCUT2D eigenvalue weighted by Crippen LogP contribution is 2.24. The van der Waals surface area contributed by atoms with Gasteiger partial charge in [0.05, 0.1) is 12.8 Å². The molecule has 2 N–H and O–H groups in total. The minimum absolute atomic E-state index is 0.166. The van der Waals surface area contributed by atoms with Crippen LogP contribution in [0.3, 0.4) is 0 Å². The molecule has 0 fully saturated rings. The number of rotatable bonds is 6. The van der Waals surface area contributed by atoms with Crippen molar-refractivity contribution in [1.82, 2.24) is 19.7 Å². The molecule has 0 radical (unpaired) electrons. The van der Waals surface area contributed by atoms with E-state index in [4.69, 9.17) is 4.74 Å². The van der Waals surface area contributed by atoms with Crippen molar-refractivity contribution in [2.45, 2.75) is 6.92 Å². The summed E-state index contributed by atoms with van der Waals surface area (Å²) in [6, 6.07) is 6.39. The van der Waals surface area contributed by atoms with Crippen LogP contribution in [0.1, 0.15) is 36.1 Å². The number of amides is 3. The number of benzene rings is 1. The zero-order valence-electron chi connectivity index (χ0n) is 17.7. The maximum absolute atomic E-state index is 12.5. The van der Waals surface area contributed by atoms with Crippen molar-refractivity contribution in [3.05, 3.63) is 52.2 Å². The molecule has 2 heterocycles. The van der Waals surface area contributed by atoms with E-state index < -0.39 is 0 Å². The van der Waals surface area contributed by atoms with E-state index in [0.717, 1.165) is 11.3 Å². The average molecular weight is 443 g/mol. The predicted molar refractivity (Wildman–Crippen MR) is 117 cm³/mol. The Kier molecular flexibility index (Phi) is 6.35. The van der Waals surface area contributed by atoms with Gasteiger partial charge in [-0.05, 0) is 31.2 Å². The normalized spacial score (nSPS) is 10.5. The number of hydrogen-bond donors (Lipinski definition) is 2. The zero-order chi connectivity index (χ0) is 22.7. The number of hydrogen-bond acceptors (Lipinski definition) is 7. The fourth-order valence-corrected chi connectivity index (χ4v) is 3.68. The Labute approximate surface area is 182 Å². The van der Waals surface area contributed by atoms with Gasteiger partial charge in [0.15, 0.2) is 5.13 Å². The lowest BCUT2D eigenvalue weighted by Crippen LogP contribution is -2.21. The lowest BCUT2D eigenvalue weighted by Gasteiger charge is -2.07. The van der Waals surface area contributed by atoms with Crippen molar-refractivity contribution in [2.75, 3.05) is 31.8 Å². The Morgan fingerprint density at radius 2 is 1.77 bits per heavy atom. The van der Waals surface area contributed by atoms with Crippen molar-refractivity contribution in [3.63, 3.8) is 0 Å². The van der Waals surface area contributed by atoms with Crippen LogP contribution in [-0.4, -0.2) is 58.6 Å². The first-order valence-corrected chi connectivity index (χ1v) is 10.0. The van der Waals surface area contributed by atoms with Crippen molar-refractivity contribution in [1.29, 1.82) is 0 Å². The molecule has 31 heavy (non-hydrogen) atoms. The third kappa shape index (κ3) is 4.89. The van der Waals surface area contributed by atoms with Gasteiger partial charge < -0.3 is 15.0 Å². The van der Waals surface area contributed by atoms with Crippen LogP contribution in [0.4, 0.5) is 10.8 Å². The van der Waals surface area contributed by atoms with Crippen LogP contribution in [0.5, 0.6) is 5.88 Å². The number of carbonyl (C=O) groups excluding carboxylic acids is 3. The maximum Gasteiger partial charge on any atom is 0.265 e. The summed E-state index contributed by atoms with van der Waals surface area (Å²) in [4.78, 5) is 43.3. The SMILES string of the molecule is COc1nn(C)cc1C(=O)Nc1ccc(C(=O)Nc2nc(C)c(C(=O)N(C)C)s2)cc1. The summed E-state index contributed by atoms with van der Waals surface area (Å²) in [5, 5.41) is 9.83. The second kappa shape index (κ2) is 8.96. The van der Waals surface area contributed by atoms with Gasteiger partial charge in [-0.3, -0.25) is 24.4 Å². The van der Waals surface area contributed by atoms with Crippen LogP contribution in [0.2, 0.25) is 0 Å². The van der Waals surface area contributed by atoms with E-state index in [2.05, 4.69) is 20.7 Å². The van der Waals surface area contributed by atoms with E-state index in [9.17, 15) is 14.4 Å². The number of nitrogens with zero attached hydrogens (tertiary/aromatic N) is 4. The van der Waals surface area contributed by atoms with E-state index in [1.54, 1.807) is 58.5 Å². The van der Waals surface area contributed by atoms with Gasteiger partial charge in [-0.2, -0.15) is 0 Å². The van der Waals surface area contributed by atoms with Crippen LogP contribution < -0.4 is 15.4 Å². The molecule has 0 aliphatic heterocycles. The van der Waals surface area contributed by atoms with Crippen LogP contribution in [0, 0.1) is 6.92 Å². The molecule has 0 atom stereocenters. The number of methoxy groups -OCH3 is 1. The molecule has 3 rings (SSSR count). The number of thiazole rings is 1. The molecule has 0 unspecified atom stereocenters. The molecule has 3 amide bonds. The fraction of sp³-hybridized carbons (Fsp3) is 0.250. The van der Waals surface area contributed by atoms with Gasteiger partial charge >= 0.3 is 0 Å². The highest BCUT2D eigenvalue weighted by atomic mass is 32.1. The fourth-order valence-electron chi connectivity index (χ4n) is 2.70. The first-order valence-electron chi connectivity index (χ1n) is 9.19. The molecule has 0 saturated carbocycles. The monoisotopic (exact) mass is 442 g/mol. The first-order chi connectivity index (χ1) is 14.7. The third-order valence-electron chi connectivity index (χ3n) is 4.26. The third-order valence-corrected chi connectivity index (χ3v) is 5.32. The summed E-state index contributed by atoms with van der Waals surface area (Å²) >= 11 is 1.12. The second-order valence-electron chi connectivity index (χ2n) is 6.84. The molecule has 0 saturated heterocycles. The van der Waals surface area contributed by atoms with Crippen LogP contribution in [0.15, 0.2) is 30.5 Å². The van der Waals surface area contributed by atoms with Gasteiger partial charge in [0.1, 0.15) is 10.4 Å². The summed E-state index contributed by atoms with van der Waals surface area (Å²) in [7, 11) is 6.45. The largest absolute Gasteiger partial charge is 0.479 e. The number of aromatic nitrogens is 3. The van der Waals surface area contributed by atoms with Crippen molar-refractivity contribution >= 4 is 39.9 Å². The van der Waals surface area contributed by atoms with Gasteiger partial charge in [0.2, 0.25) is 5.88 Å². The van der Waals surface area contributed by atoms with Crippen LogP contribution >= 0.6 is 11.3 Å². The molecule has 3 aromatic rings. The summed E-state index contributed by atoms with van der Waals surface area (Å²) in [6.07, 6.45) is 1.56. The van der Waals surface area contributed by atoms with Crippen molar-refractivity contribution in [3.8, 4) is 5.88 Å². The molecule has 0 bridgehead atoms. The molecule has 1 aromatic carbocycles. The Hall–Kier alpha value is -3.73. The second-order valence-corrected chi connectivity index (χ2v) is 7.84.